The lowest BCUT2D eigenvalue weighted by Crippen LogP contribution is -2.47. The van der Waals surface area contributed by atoms with Crippen molar-refractivity contribution in [3.63, 3.8) is 0 Å². The summed E-state index contributed by atoms with van der Waals surface area (Å²) in [4.78, 5) is 12.0. The number of aryl methyl sites for hydroxylation is 1. The van der Waals surface area contributed by atoms with E-state index in [0.29, 0.717) is 11.4 Å². The van der Waals surface area contributed by atoms with E-state index in [1.807, 2.05) is 0 Å². The van der Waals surface area contributed by atoms with Crippen molar-refractivity contribution >= 4 is 11.6 Å². The highest BCUT2D eigenvalue weighted by Crippen LogP contribution is 2.23. The van der Waals surface area contributed by atoms with Crippen molar-refractivity contribution in [3.05, 3.63) is 11.4 Å². The number of aromatic nitrogens is 2. The van der Waals surface area contributed by atoms with Crippen LogP contribution in [0.3, 0.4) is 0 Å². The Hall–Kier alpha value is -1.56. The van der Waals surface area contributed by atoms with Crippen LogP contribution in [0.2, 0.25) is 0 Å². The molecular formula is C12H20N4O2. The molecule has 1 fully saturated rings. The number of rotatable bonds is 5. The molecule has 1 saturated carbocycles. The molecule has 0 saturated heterocycles. The van der Waals surface area contributed by atoms with Crippen LogP contribution in [0.25, 0.3) is 0 Å². The molecule has 0 spiro atoms. The van der Waals surface area contributed by atoms with Gasteiger partial charge >= 0.3 is 0 Å². The maximum atomic E-state index is 12.0. The summed E-state index contributed by atoms with van der Waals surface area (Å²) in [5, 5.41) is 9.73. The van der Waals surface area contributed by atoms with Crippen molar-refractivity contribution in [2.24, 2.45) is 0 Å². The Kier molecular flexibility index (Phi) is 3.86. The lowest BCUT2D eigenvalue weighted by Gasteiger charge is -2.34. The second-order valence-corrected chi connectivity index (χ2v) is 4.71. The number of nitrogen functional groups attached to an aromatic ring is 1. The van der Waals surface area contributed by atoms with Crippen LogP contribution in [-0.4, -0.2) is 35.4 Å². The van der Waals surface area contributed by atoms with Crippen LogP contribution in [0.4, 0.5) is 5.69 Å². The molecule has 18 heavy (non-hydrogen) atoms. The Morgan fingerprint density at radius 1 is 1.61 bits per heavy atom. The molecule has 100 valence electrons. The first kappa shape index (κ1) is 12.9. The molecule has 0 aliphatic heterocycles. The Labute approximate surface area is 106 Å². The minimum atomic E-state index is -0.203. The average molecular weight is 252 g/mol. The Bertz CT molecular complexity index is 424. The van der Waals surface area contributed by atoms with E-state index >= 15 is 0 Å². The quantitative estimate of drug-likeness (QED) is 0.724. The van der Waals surface area contributed by atoms with Gasteiger partial charge in [0, 0.05) is 13.2 Å². The number of carbonyl (C=O) groups excluding carboxylic acids is 1. The molecular weight excluding hydrogens is 232 g/mol. The van der Waals surface area contributed by atoms with Crippen LogP contribution in [-0.2, 0) is 11.2 Å². The van der Waals surface area contributed by atoms with E-state index in [1.54, 1.807) is 7.11 Å². The van der Waals surface area contributed by atoms with Gasteiger partial charge < -0.3 is 15.8 Å². The van der Waals surface area contributed by atoms with Gasteiger partial charge in [-0.15, -0.1) is 0 Å². The van der Waals surface area contributed by atoms with Crippen LogP contribution in [0.5, 0.6) is 0 Å². The summed E-state index contributed by atoms with van der Waals surface area (Å²) < 4.78 is 5.17. The zero-order valence-corrected chi connectivity index (χ0v) is 10.8. The number of nitrogens with one attached hydrogen (secondary N) is 2. The number of anilines is 1. The molecule has 1 amide bonds. The summed E-state index contributed by atoms with van der Waals surface area (Å²) >= 11 is 0. The van der Waals surface area contributed by atoms with Gasteiger partial charge in [-0.05, 0) is 19.3 Å². The molecule has 2 rings (SSSR count). The van der Waals surface area contributed by atoms with Crippen molar-refractivity contribution in [2.75, 3.05) is 12.8 Å². The molecule has 4 N–H and O–H groups in total. The van der Waals surface area contributed by atoms with Gasteiger partial charge in [-0.1, -0.05) is 13.3 Å². The van der Waals surface area contributed by atoms with Crippen LogP contribution in [0.15, 0.2) is 0 Å². The molecule has 1 aliphatic rings. The topological polar surface area (TPSA) is 93.0 Å². The van der Waals surface area contributed by atoms with E-state index in [2.05, 4.69) is 22.4 Å². The van der Waals surface area contributed by atoms with Crippen LogP contribution >= 0.6 is 0 Å². The van der Waals surface area contributed by atoms with Gasteiger partial charge in [-0.2, -0.15) is 5.10 Å². The molecule has 0 radical (unpaired) electrons. The molecule has 6 heteroatoms. The summed E-state index contributed by atoms with van der Waals surface area (Å²) in [5.74, 6) is -0.203. The fourth-order valence-corrected chi connectivity index (χ4v) is 2.13. The number of hydrogen-bond acceptors (Lipinski definition) is 4. The van der Waals surface area contributed by atoms with Crippen molar-refractivity contribution in [2.45, 2.75) is 44.8 Å². The van der Waals surface area contributed by atoms with Gasteiger partial charge in [0.05, 0.1) is 17.5 Å². The van der Waals surface area contributed by atoms with Crippen molar-refractivity contribution < 1.29 is 9.53 Å². The first-order valence-electron chi connectivity index (χ1n) is 6.32. The van der Waals surface area contributed by atoms with Crippen molar-refractivity contribution in [1.29, 1.82) is 0 Å². The van der Waals surface area contributed by atoms with E-state index in [4.69, 9.17) is 10.5 Å². The number of nitrogens with zero attached hydrogens (tertiary/aromatic N) is 1. The average Bonchev–Trinajstić information content (AvgIpc) is 2.65. The van der Waals surface area contributed by atoms with Gasteiger partial charge in [0.25, 0.3) is 5.91 Å². The number of H-pyrrole nitrogens is 1. The minimum absolute atomic E-state index is 0.174. The van der Waals surface area contributed by atoms with Crippen LogP contribution in [0.1, 0.15) is 42.4 Å². The summed E-state index contributed by atoms with van der Waals surface area (Å²) in [6.07, 6.45) is 3.75. The molecule has 0 atom stereocenters. The summed E-state index contributed by atoms with van der Waals surface area (Å²) in [6, 6.07) is 0.174. The SMILES string of the molecule is CCCc1[nH]nc(C(=O)NC2CC(OC)C2)c1N. The molecule has 0 unspecified atom stereocenters. The molecule has 1 heterocycles. The third kappa shape index (κ3) is 2.48. The number of aromatic amines is 1. The predicted octanol–water partition coefficient (Wildman–Crippen LogP) is 0.852. The van der Waals surface area contributed by atoms with Gasteiger partial charge in [0.1, 0.15) is 0 Å². The highest BCUT2D eigenvalue weighted by atomic mass is 16.5. The lowest BCUT2D eigenvalue weighted by molar-refractivity contribution is 0.0175. The molecule has 6 nitrogen and oxygen atoms in total. The largest absolute Gasteiger partial charge is 0.395 e. The molecule has 0 bridgehead atoms. The normalized spacial score (nSPS) is 22.6. The lowest BCUT2D eigenvalue weighted by atomic mass is 9.89. The van der Waals surface area contributed by atoms with Gasteiger partial charge in [0.2, 0.25) is 0 Å². The fraction of sp³-hybridized carbons (Fsp3) is 0.667. The molecule has 1 aromatic rings. The zero-order chi connectivity index (χ0) is 13.1. The molecule has 0 aromatic carbocycles. The van der Waals surface area contributed by atoms with Crippen LogP contribution in [0, 0.1) is 0 Å². The fourth-order valence-electron chi connectivity index (χ4n) is 2.13. The summed E-state index contributed by atoms with van der Waals surface area (Å²) in [5.41, 5.74) is 7.51. The maximum absolute atomic E-state index is 12.0. The minimum Gasteiger partial charge on any atom is -0.395 e. The zero-order valence-electron chi connectivity index (χ0n) is 10.8. The smallest absolute Gasteiger partial charge is 0.274 e. The third-order valence-electron chi connectivity index (χ3n) is 3.36. The number of amides is 1. The summed E-state index contributed by atoms with van der Waals surface area (Å²) in [6.45, 7) is 2.05. The van der Waals surface area contributed by atoms with E-state index in [-0.39, 0.29) is 18.1 Å². The number of nitrogens with two attached hydrogens (primary N) is 1. The predicted molar refractivity (Wildman–Crippen MR) is 68.3 cm³/mol. The third-order valence-corrected chi connectivity index (χ3v) is 3.36. The van der Waals surface area contributed by atoms with Crippen molar-refractivity contribution in [1.82, 2.24) is 15.5 Å². The van der Waals surface area contributed by atoms with E-state index in [9.17, 15) is 4.79 Å². The standard InChI is InChI=1S/C12H20N4O2/c1-3-4-9-10(13)11(16-15-9)12(17)14-7-5-8(6-7)18-2/h7-8H,3-6,13H2,1-2H3,(H,14,17)(H,15,16). The maximum Gasteiger partial charge on any atom is 0.274 e. The second kappa shape index (κ2) is 5.39. The molecule has 1 aliphatic carbocycles. The van der Waals surface area contributed by atoms with Gasteiger partial charge in [0.15, 0.2) is 5.69 Å². The Morgan fingerprint density at radius 2 is 2.33 bits per heavy atom. The molecule has 1 aromatic heterocycles. The first-order valence-corrected chi connectivity index (χ1v) is 6.32. The van der Waals surface area contributed by atoms with E-state index in [1.165, 1.54) is 0 Å². The van der Waals surface area contributed by atoms with Crippen molar-refractivity contribution in [3.8, 4) is 0 Å². The Morgan fingerprint density at radius 3 is 2.94 bits per heavy atom. The second-order valence-electron chi connectivity index (χ2n) is 4.71. The highest BCUT2D eigenvalue weighted by molar-refractivity contribution is 5.97. The van der Waals surface area contributed by atoms with Gasteiger partial charge in [-0.25, -0.2) is 0 Å². The van der Waals surface area contributed by atoms with E-state index in [0.717, 1.165) is 31.4 Å². The number of carbonyl (C=O) groups is 1. The van der Waals surface area contributed by atoms with Gasteiger partial charge in [-0.3, -0.25) is 9.89 Å². The first-order chi connectivity index (χ1) is 8.65. The van der Waals surface area contributed by atoms with Crippen LogP contribution < -0.4 is 11.1 Å². The number of ether oxygens (including phenoxy) is 1. The monoisotopic (exact) mass is 252 g/mol. The Balaban J connectivity index is 1.93. The van der Waals surface area contributed by atoms with E-state index < -0.39 is 0 Å². The highest BCUT2D eigenvalue weighted by Gasteiger charge is 2.31. The number of methoxy groups -OCH3 is 1. The number of hydrogen-bond donors (Lipinski definition) is 3. The summed E-state index contributed by atoms with van der Waals surface area (Å²) in [7, 11) is 1.69.